The molecule has 20 heavy (non-hydrogen) atoms. The number of amides is 1. The number of hydrogen-bond donors (Lipinski definition) is 1. The first-order valence-electron chi connectivity index (χ1n) is 7.22. The molecule has 0 radical (unpaired) electrons. The quantitative estimate of drug-likeness (QED) is 0.837. The van der Waals surface area contributed by atoms with Gasteiger partial charge in [0.2, 0.25) is 0 Å². The van der Waals surface area contributed by atoms with Gasteiger partial charge in [-0.15, -0.1) is 0 Å². The number of aromatic nitrogens is 1. The molecule has 0 aromatic carbocycles. The maximum Gasteiger partial charge on any atom is 0.276 e. The van der Waals surface area contributed by atoms with Gasteiger partial charge in [0.05, 0.1) is 0 Å². The van der Waals surface area contributed by atoms with Crippen LogP contribution < -0.4 is 5.48 Å². The highest BCUT2D eigenvalue weighted by molar-refractivity contribution is 5.85. The van der Waals surface area contributed by atoms with Crippen molar-refractivity contribution in [1.82, 2.24) is 10.5 Å². The molecule has 1 saturated carbocycles. The van der Waals surface area contributed by atoms with Crippen molar-refractivity contribution in [3.63, 3.8) is 0 Å². The summed E-state index contributed by atoms with van der Waals surface area (Å²) in [5.41, 5.74) is 2.94. The van der Waals surface area contributed by atoms with Crippen molar-refractivity contribution in [2.24, 2.45) is 5.92 Å². The molecular formula is C15H20N2O3. The molecule has 5 heteroatoms. The van der Waals surface area contributed by atoms with Gasteiger partial charge in [-0.1, -0.05) is 0 Å². The van der Waals surface area contributed by atoms with Gasteiger partial charge in [-0.05, 0) is 56.2 Å². The third-order valence-corrected chi connectivity index (χ3v) is 4.18. The highest BCUT2D eigenvalue weighted by atomic mass is 16.7. The van der Waals surface area contributed by atoms with E-state index in [1.54, 1.807) is 12.4 Å². The van der Waals surface area contributed by atoms with E-state index in [4.69, 9.17) is 9.57 Å². The molecule has 2 fully saturated rings. The zero-order valence-electron chi connectivity index (χ0n) is 11.7. The Hall–Kier alpha value is -1.46. The van der Waals surface area contributed by atoms with Crippen LogP contribution in [-0.4, -0.2) is 23.1 Å². The predicted octanol–water partition coefficient (Wildman–Crippen LogP) is 2.15. The molecule has 1 unspecified atom stereocenters. The van der Waals surface area contributed by atoms with Crippen LogP contribution in [0, 0.1) is 5.92 Å². The van der Waals surface area contributed by atoms with Crippen LogP contribution in [0.15, 0.2) is 24.5 Å². The Morgan fingerprint density at radius 2 is 2.25 bits per heavy atom. The molecule has 5 nitrogen and oxygen atoms in total. The molecular weight excluding hydrogens is 256 g/mol. The fraction of sp³-hybridized carbons (Fsp3) is 0.600. The Kier molecular flexibility index (Phi) is 3.72. The lowest BCUT2D eigenvalue weighted by molar-refractivity contribution is -0.161. The van der Waals surface area contributed by atoms with Gasteiger partial charge >= 0.3 is 0 Å². The minimum Gasteiger partial charge on any atom is -0.365 e. The molecule has 1 saturated heterocycles. The molecule has 1 aliphatic heterocycles. The van der Waals surface area contributed by atoms with E-state index in [9.17, 15) is 4.79 Å². The molecule has 1 aromatic heterocycles. The molecule has 0 spiro atoms. The van der Waals surface area contributed by atoms with E-state index in [0.717, 1.165) is 31.2 Å². The number of hydroxylamine groups is 1. The molecule has 2 aliphatic rings. The van der Waals surface area contributed by atoms with Crippen LogP contribution in [0.3, 0.4) is 0 Å². The average molecular weight is 276 g/mol. The fourth-order valence-corrected chi connectivity index (χ4v) is 2.83. The van der Waals surface area contributed by atoms with E-state index in [1.807, 2.05) is 19.1 Å². The summed E-state index contributed by atoms with van der Waals surface area (Å²) in [6.07, 6.45) is 7.12. The molecule has 1 aliphatic carbocycles. The molecule has 0 bridgehead atoms. The monoisotopic (exact) mass is 276 g/mol. The first kappa shape index (κ1) is 13.5. The van der Waals surface area contributed by atoms with Crippen molar-refractivity contribution in [1.29, 1.82) is 0 Å². The number of nitrogens with zero attached hydrogens (tertiary/aromatic N) is 1. The minimum absolute atomic E-state index is 0.126. The molecule has 2 atom stereocenters. The van der Waals surface area contributed by atoms with Crippen molar-refractivity contribution < 1.29 is 14.4 Å². The van der Waals surface area contributed by atoms with Crippen LogP contribution >= 0.6 is 0 Å². The second kappa shape index (κ2) is 5.50. The summed E-state index contributed by atoms with van der Waals surface area (Å²) in [5, 5.41) is 0. The molecule has 2 heterocycles. The van der Waals surface area contributed by atoms with Crippen LogP contribution in [0.2, 0.25) is 0 Å². The SMILES string of the molecule is C[C@H](ONC(=O)C1(C2CC2)CCCO1)c1ccncc1. The Bertz CT molecular complexity index is 467. The Morgan fingerprint density at radius 3 is 2.85 bits per heavy atom. The van der Waals surface area contributed by atoms with Crippen molar-refractivity contribution in [3.05, 3.63) is 30.1 Å². The van der Waals surface area contributed by atoms with Gasteiger partial charge in [-0.25, -0.2) is 5.48 Å². The number of ether oxygens (including phenoxy) is 1. The van der Waals surface area contributed by atoms with Crippen molar-refractivity contribution in [2.45, 2.75) is 44.3 Å². The van der Waals surface area contributed by atoms with E-state index in [-0.39, 0.29) is 12.0 Å². The van der Waals surface area contributed by atoms with E-state index < -0.39 is 5.60 Å². The molecule has 108 valence electrons. The van der Waals surface area contributed by atoms with Gasteiger partial charge in [0, 0.05) is 19.0 Å². The van der Waals surface area contributed by atoms with Crippen LogP contribution in [-0.2, 0) is 14.4 Å². The summed E-state index contributed by atoms with van der Waals surface area (Å²) >= 11 is 0. The number of nitrogens with one attached hydrogen (secondary N) is 1. The lowest BCUT2D eigenvalue weighted by atomic mass is 9.93. The van der Waals surface area contributed by atoms with Gasteiger partial charge in [0.15, 0.2) is 5.60 Å². The Balaban J connectivity index is 1.59. The number of carbonyl (C=O) groups is 1. The number of pyridine rings is 1. The Morgan fingerprint density at radius 1 is 1.50 bits per heavy atom. The zero-order chi connectivity index (χ0) is 14.0. The molecule has 1 N–H and O–H groups in total. The summed E-state index contributed by atoms with van der Waals surface area (Å²) in [6, 6.07) is 3.75. The second-order valence-electron chi connectivity index (χ2n) is 5.59. The summed E-state index contributed by atoms with van der Waals surface area (Å²) in [5.74, 6) is 0.239. The number of hydrogen-bond acceptors (Lipinski definition) is 4. The Labute approximate surface area is 118 Å². The van der Waals surface area contributed by atoms with E-state index in [1.165, 1.54) is 0 Å². The van der Waals surface area contributed by atoms with Crippen LogP contribution in [0.1, 0.15) is 44.3 Å². The molecule has 1 aromatic rings. The van der Waals surface area contributed by atoms with Crippen LogP contribution in [0.25, 0.3) is 0 Å². The third-order valence-electron chi connectivity index (χ3n) is 4.18. The van der Waals surface area contributed by atoms with E-state index in [0.29, 0.717) is 12.5 Å². The lowest BCUT2D eigenvalue weighted by Gasteiger charge is -2.27. The average Bonchev–Trinajstić information content (AvgIpc) is 3.23. The van der Waals surface area contributed by atoms with E-state index >= 15 is 0 Å². The van der Waals surface area contributed by atoms with Gasteiger partial charge in [0.25, 0.3) is 5.91 Å². The normalized spacial score (nSPS) is 27.2. The second-order valence-corrected chi connectivity index (χ2v) is 5.59. The van der Waals surface area contributed by atoms with Crippen LogP contribution in [0.4, 0.5) is 0 Å². The maximum atomic E-state index is 12.4. The first-order valence-corrected chi connectivity index (χ1v) is 7.22. The lowest BCUT2D eigenvalue weighted by Crippen LogP contribution is -2.48. The number of carbonyl (C=O) groups excluding carboxylic acids is 1. The third kappa shape index (κ3) is 2.55. The highest BCUT2D eigenvalue weighted by Crippen LogP contribution is 2.47. The molecule has 1 amide bonds. The summed E-state index contributed by atoms with van der Waals surface area (Å²) in [6.45, 7) is 2.57. The van der Waals surface area contributed by atoms with Crippen molar-refractivity contribution in [3.8, 4) is 0 Å². The van der Waals surface area contributed by atoms with Gasteiger partial charge in [-0.2, -0.15) is 0 Å². The van der Waals surface area contributed by atoms with Gasteiger partial charge in [-0.3, -0.25) is 14.6 Å². The van der Waals surface area contributed by atoms with Gasteiger partial charge in [0.1, 0.15) is 6.10 Å². The summed E-state index contributed by atoms with van der Waals surface area (Å²) < 4.78 is 5.76. The minimum atomic E-state index is -0.641. The summed E-state index contributed by atoms with van der Waals surface area (Å²) in [7, 11) is 0. The van der Waals surface area contributed by atoms with E-state index in [2.05, 4.69) is 10.5 Å². The predicted molar refractivity (Wildman–Crippen MR) is 72.5 cm³/mol. The largest absolute Gasteiger partial charge is 0.365 e. The topological polar surface area (TPSA) is 60.5 Å². The highest BCUT2D eigenvalue weighted by Gasteiger charge is 2.54. The fourth-order valence-electron chi connectivity index (χ4n) is 2.83. The summed E-state index contributed by atoms with van der Waals surface area (Å²) in [4.78, 5) is 21.9. The van der Waals surface area contributed by atoms with Crippen molar-refractivity contribution in [2.75, 3.05) is 6.61 Å². The van der Waals surface area contributed by atoms with Crippen molar-refractivity contribution >= 4 is 5.91 Å². The van der Waals surface area contributed by atoms with Gasteiger partial charge < -0.3 is 4.74 Å². The smallest absolute Gasteiger partial charge is 0.276 e. The standard InChI is InChI=1S/C15H20N2O3/c1-11(12-5-8-16-9-6-12)20-17-14(18)15(13-3-4-13)7-2-10-19-15/h5-6,8-9,11,13H,2-4,7,10H2,1H3,(H,17,18)/t11-,15?/m0/s1. The zero-order valence-corrected chi connectivity index (χ0v) is 11.7. The maximum absolute atomic E-state index is 12.4. The van der Waals surface area contributed by atoms with Crippen LogP contribution in [0.5, 0.6) is 0 Å². The number of rotatable bonds is 5. The molecule has 3 rings (SSSR count). The first-order chi connectivity index (χ1) is 9.72.